The molecule has 0 aliphatic heterocycles. The summed E-state index contributed by atoms with van der Waals surface area (Å²) in [5.41, 5.74) is 0.951. The highest BCUT2D eigenvalue weighted by Crippen LogP contribution is 2.20. The number of methoxy groups -OCH3 is 1. The summed E-state index contributed by atoms with van der Waals surface area (Å²) >= 11 is 1.19. The van der Waals surface area contributed by atoms with Crippen LogP contribution in [0.2, 0.25) is 0 Å². The third-order valence-corrected chi connectivity index (χ3v) is 5.60. The van der Waals surface area contributed by atoms with Crippen molar-refractivity contribution >= 4 is 38.1 Å². The van der Waals surface area contributed by atoms with Gasteiger partial charge >= 0.3 is 0 Å². The maximum absolute atomic E-state index is 12.3. The maximum atomic E-state index is 12.3. The van der Waals surface area contributed by atoms with Crippen molar-refractivity contribution in [2.24, 2.45) is 0 Å². The quantitative estimate of drug-likeness (QED) is 0.675. The first-order valence-electron chi connectivity index (χ1n) is 7.46. The van der Waals surface area contributed by atoms with Crippen molar-refractivity contribution in [2.75, 3.05) is 17.1 Å². The van der Waals surface area contributed by atoms with Crippen LogP contribution in [0.15, 0.2) is 65.0 Å². The maximum Gasteiger partial charge on any atom is 0.263 e. The van der Waals surface area contributed by atoms with Gasteiger partial charge in [0, 0.05) is 22.8 Å². The van der Waals surface area contributed by atoms with Crippen LogP contribution in [0, 0.1) is 0 Å². The van der Waals surface area contributed by atoms with Gasteiger partial charge in [-0.15, -0.1) is 11.3 Å². The van der Waals surface area contributed by atoms with E-state index in [9.17, 15) is 13.2 Å². The van der Waals surface area contributed by atoms with Crippen LogP contribution >= 0.6 is 11.3 Å². The van der Waals surface area contributed by atoms with Crippen molar-refractivity contribution in [1.29, 1.82) is 0 Å². The Morgan fingerprint density at radius 3 is 2.35 bits per heavy atom. The van der Waals surface area contributed by atoms with Crippen LogP contribution in [0.5, 0.6) is 5.75 Å². The summed E-state index contributed by atoms with van der Waals surface area (Å²) in [5.74, 6) is 0.355. The molecule has 0 radical (unpaired) electrons. The molecule has 0 unspecified atom stereocenters. The van der Waals surface area contributed by atoms with E-state index in [0.717, 1.165) is 0 Å². The Labute approximate surface area is 154 Å². The number of carbonyl (C=O) groups is 1. The lowest BCUT2D eigenvalue weighted by atomic mass is 10.2. The Kier molecular flexibility index (Phi) is 5.19. The second-order valence-corrected chi connectivity index (χ2v) is 7.73. The summed E-state index contributed by atoms with van der Waals surface area (Å²) in [6, 6.07) is 12.6. The number of aromatic nitrogens is 1. The normalized spacial score (nSPS) is 11.0. The minimum Gasteiger partial charge on any atom is -0.497 e. The zero-order valence-electron chi connectivity index (χ0n) is 13.7. The molecule has 0 spiro atoms. The van der Waals surface area contributed by atoms with Gasteiger partial charge in [0.15, 0.2) is 5.13 Å². The minimum atomic E-state index is -3.72. The Bertz CT molecular complexity index is 984. The van der Waals surface area contributed by atoms with E-state index in [2.05, 4.69) is 15.0 Å². The summed E-state index contributed by atoms with van der Waals surface area (Å²) in [6.07, 6.45) is 1.51. The summed E-state index contributed by atoms with van der Waals surface area (Å²) in [7, 11) is -2.17. The van der Waals surface area contributed by atoms with Crippen LogP contribution in [0.4, 0.5) is 10.8 Å². The number of rotatable bonds is 6. The van der Waals surface area contributed by atoms with Crippen molar-refractivity contribution in [2.45, 2.75) is 4.90 Å². The molecule has 1 aromatic heterocycles. The fourth-order valence-electron chi connectivity index (χ4n) is 2.11. The Hall–Kier alpha value is -2.91. The lowest BCUT2D eigenvalue weighted by Crippen LogP contribution is -2.14. The molecule has 3 rings (SSSR count). The molecule has 7 nitrogen and oxygen atoms in total. The lowest BCUT2D eigenvalue weighted by molar-refractivity contribution is 0.102. The van der Waals surface area contributed by atoms with Crippen molar-refractivity contribution in [3.63, 3.8) is 0 Å². The Morgan fingerprint density at radius 1 is 1.08 bits per heavy atom. The number of hydrogen-bond donors (Lipinski definition) is 2. The van der Waals surface area contributed by atoms with Crippen LogP contribution in [0.25, 0.3) is 0 Å². The lowest BCUT2D eigenvalue weighted by Gasteiger charge is -2.08. The molecule has 1 amide bonds. The standard InChI is InChI=1S/C17H15N3O4S2/c1-24-14-6-2-12(3-7-14)16(21)19-13-4-8-15(9-5-13)26(22,23)20-17-18-10-11-25-17/h2-11H,1H3,(H,18,20)(H,19,21). The van der Waals surface area contributed by atoms with E-state index in [1.807, 2.05) is 0 Å². The molecule has 0 aliphatic carbocycles. The number of hydrogen-bond acceptors (Lipinski definition) is 6. The molecule has 3 aromatic rings. The van der Waals surface area contributed by atoms with Crippen molar-refractivity contribution in [3.05, 3.63) is 65.7 Å². The molecule has 0 saturated heterocycles. The van der Waals surface area contributed by atoms with E-state index < -0.39 is 10.0 Å². The molecule has 134 valence electrons. The van der Waals surface area contributed by atoms with Gasteiger partial charge in [-0.25, -0.2) is 13.4 Å². The highest BCUT2D eigenvalue weighted by atomic mass is 32.2. The molecule has 0 atom stereocenters. The van der Waals surface area contributed by atoms with Gasteiger partial charge in [0.1, 0.15) is 5.75 Å². The molecular formula is C17H15N3O4S2. The largest absolute Gasteiger partial charge is 0.497 e. The van der Waals surface area contributed by atoms with Crippen molar-refractivity contribution < 1.29 is 17.9 Å². The number of carbonyl (C=O) groups excluding carboxylic acids is 1. The molecule has 26 heavy (non-hydrogen) atoms. The molecule has 1 heterocycles. The summed E-state index contributed by atoms with van der Waals surface area (Å²) < 4.78 is 32.0. The smallest absolute Gasteiger partial charge is 0.263 e. The average Bonchev–Trinajstić information content (AvgIpc) is 3.14. The zero-order chi connectivity index (χ0) is 18.6. The van der Waals surface area contributed by atoms with Gasteiger partial charge in [-0.2, -0.15) is 0 Å². The molecule has 0 saturated carbocycles. The first-order valence-corrected chi connectivity index (χ1v) is 9.82. The van der Waals surface area contributed by atoms with Gasteiger partial charge in [0.25, 0.3) is 15.9 Å². The number of anilines is 2. The summed E-state index contributed by atoms with van der Waals surface area (Å²) in [5, 5.41) is 4.68. The molecular weight excluding hydrogens is 374 g/mol. The van der Waals surface area contributed by atoms with Gasteiger partial charge in [-0.3, -0.25) is 9.52 Å². The SMILES string of the molecule is COc1ccc(C(=O)Nc2ccc(S(=O)(=O)Nc3nccs3)cc2)cc1. The third kappa shape index (κ3) is 4.19. The van der Waals surface area contributed by atoms with E-state index >= 15 is 0 Å². The second kappa shape index (κ2) is 7.54. The molecule has 0 aliphatic rings. The van der Waals surface area contributed by atoms with E-state index in [0.29, 0.717) is 22.1 Å². The zero-order valence-corrected chi connectivity index (χ0v) is 15.3. The summed E-state index contributed by atoms with van der Waals surface area (Å²) in [4.78, 5) is 16.2. The number of thiazole rings is 1. The van der Waals surface area contributed by atoms with Crippen molar-refractivity contribution in [1.82, 2.24) is 4.98 Å². The number of amides is 1. The highest BCUT2D eigenvalue weighted by Gasteiger charge is 2.15. The van der Waals surface area contributed by atoms with E-state index in [1.165, 1.54) is 41.8 Å². The predicted octanol–water partition coefficient (Wildman–Crippen LogP) is 3.20. The van der Waals surface area contributed by atoms with Gasteiger partial charge in [0.05, 0.1) is 12.0 Å². The van der Waals surface area contributed by atoms with Gasteiger partial charge in [-0.05, 0) is 48.5 Å². The molecule has 0 bridgehead atoms. The molecule has 2 aromatic carbocycles. The van der Waals surface area contributed by atoms with E-state index in [4.69, 9.17) is 4.74 Å². The van der Waals surface area contributed by atoms with Crippen molar-refractivity contribution in [3.8, 4) is 5.75 Å². The van der Waals surface area contributed by atoms with Crippen LogP contribution < -0.4 is 14.8 Å². The van der Waals surface area contributed by atoms with Crippen LogP contribution in [0.3, 0.4) is 0 Å². The second-order valence-electron chi connectivity index (χ2n) is 5.15. The number of benzene rings is 2. The number of sulfonamides is 1. The van der Waals surface area contributed by atoms with Crippen LogP contribution in [0.1, 0.15) is 10.4 Å². The van der Waals surface area contributed by atoms with Crippen LogP contribution in [-0.2, 0) is 10.0 Å². The first kappa shape index (κ1) is 17.9. The first-order chi connectivity index (χ1) is 12.5. The Balaban J connectivity index is 1.69. The van der Waals surface area contributed by atoms with Crippen LogP contribution in [-0.4, -0.2) is 26.4 Å². The molecule has 9 heteroatoms. The number of nitrogens with one attached hydrogen (secondary N) is 2. The van der Waals surface area contributed by atoms with E-state index in [-0.39, 0.29) is 10.8 Å². The predicted molar refractivity (Wildman–Crippen MR) is 100 cm³/mol. The van der Waals surface area contributed by atoms with Gasteiger partial charge < -0.3 is 10.1 Å². The number of nitrogens with zero attached hydrogens (tertiary/aromatic N) is 1. The monoisotopic (exact) mass is 389 g/mol. The van der Waals surface area contributed by atoms with Gasteiger partial charge in [-0.1, -0.05) is 0 Å². The topological polar surface area (TPSA) is 97.4 Å². The summed E-state index contributed by atoms with van der Waals surface area (Å²) in [6.45, 7) is 0. The highest BCUT2D eigenvalue weighted by molar-refractivity contribution is 7.93. The molecule has 2 N–H and O–H groups in total. The average molecular weight is 389 g/mol. The Morgan fingerprint density at radius 2 is 1.77 bits per heavy atom. The fourth-order valence-corrected chi connectivity index (χ4v) is 3.90. The number of ether oxygens (including phenoxy) is 1. The fraction of sp³-hybridized carbons (Fsp3) is 0.0588. The third-order valence-electron chi connectivity index (χ3n) is 3.43. The minimum absolute atomic E-state index is 0.0788. The molecule has 0 fully saturated rings. The van der Waals surface area contributed by atoms with E-state index in [1.54, 1.807) is 36.8 Å². The van der Waals surface area contributed by atoms with Gasteiger partial charge in [0.2, 0.25) is 0 Å².